The molecule has 1 unspecified atom stereocenters. The minimum Gasteiger partial charge on any atom is -0.375 e. The molecule has 1 atom stereocenters. The van der Waals surface area contributed by atoms with Gasteiger partial charge in [-0.05, 0) is 12.8 Å². The first kappa shape index (κ1) is 14.9. The number of carbonyl (C=O) groups excluding carboxylic acids is 2. The predicted octanol–water partition coefficient (Wildman–Crippen LogP) is -0.665. The second-order valence-corrected chi connectivity index (χ2v) is 4.73. The van der Waals surface area contributed by atoms with Gasteiger partial charge in [0.1, 0.15) is 6.61 Å². The van der Waals surface area contributed by atoms with Gasteiger partial charge in [0.05, 0.1) is 0 Å². The van der Waals surface area contributed by atoms with Crippen molar-refractivity contribution in [3.05, 3.63) is 0 Å². The second kappa shape index (κ2) is 7.33. The Morgan fingerprint density at radius 3 is 2.56 bits per heavy atom. The number of ether oxygens (including phenoxy) is 1. The van der Waals surface area contributed by atoms with Crippen molar-refractivity contribution in [2.45, 2.75) is 25.8 Å². The molecule has 104 valence electrons. The summed E-state index contributed by atoms with van der Waals surface area (Å²) in [5.74, 6) is -0.144. The molecule has 1 heterocycles. The highest BCUT2D eigenvalue weighted by molar-refractivity contribution is 5.79. The van der Waals surface area contributed by atoms with Crippen molar-refractivity contribution in [2.24, 2.45) is 11.7 Å². The summed E-state index contributed by atoms with van der Waals surface area (Å²) in [6.45, 7) is 3.64. The number of rotatable bonds is 5. The average Bonchev–Trinajstić information content (AvgIpc) is 2.38. The first-order valence-corrected chi connectivity index (χ1v) is 6.35. The van der Waals surface area contributed by atoms with E-state index in [1.54, 1.807) is 4.90 Å². The molecule has 1 fully saturated rings. The van der Waals surface area contributed by atoms with Crippen molar-refractivity contribution >= 4 is 11.8 Å². The van der Waals surface area contributed by atoms with E-state index in [9.17, 15) is 9.59 Å². The number of piperidine rings is 1. The summed E-state index contributed by atoms with van der Waals surface area (Å²) < 4.78 is 4.82. The summed E-state index contributed by atoms with van der Waals surface area (Å²) in [7, 11) is 1.51. The molecule has 0 spiro atoms. The molecule has 1 rings (SSSR count). The van der Waals surface area contributed by atoms with Gasteiger partial charge in [-0.3, -0.25) is 9.59 Å². The normalized spacial score (nSPS) is 18.5. The highest BCUT2D eigenvalue weighted by atomic mass is 16.5. The molecule has 0 saturated carbocycles. The van der Waals surface area contributed by atoms with Crippen LogP contribution >= 0.6 is 0 Å². The van der Waals surface area contributed by atoms with Crippen molar-refractivity contribution in [3.8, 4) is 0 Å². The minimum absolute atomic E-state index is 0.000770. The predicted molar refractivity (Wildman–Crippen MR) is 67.8 cm³/mol. The second-order valence-electron chi connectivity index (χ2n) is 4.73. The van der Waals surface area contributed by atoms with Gasteiger partial charge in [-0.1, -0.05) is 6.92 Å². The van der Waals surface area contributed by atoms with E-state index in [0.717, 1.165) is 12.8 Å². The maximum Gasteiger partial charge on any atom is 0.248 e. The minimum atomic E-state index is -0.154. The van der Waals surface area contributed by atoms with Crippen LogP contribution < -0.4 is 11.1 Å². The van der Waals surface area contributed by atoms with Crippen LogP contribution in [0.3, 0.4) is 0 Å². The molecule has 0 aromatic rings. The Hall–Kier alpha value is -1.14. The lowest BCUT2D eigenvalue weighted by Crippen LogP contribution is -2.48. The van der Waals surface area contributed by atoms with Crippen LogP contribution in [0.2, 0.25) is 0 Å². The molecule has 2 amide bonds. The Kier molecular flexibility index (Phi) is 6.07. The van der Waals surface area contributed by atoms with E-state index in [1.807, 2.05) is 6.92 Å². The molecule has 0 bridgehead atoms. The summed E-state index contributed by atoms with van der Waals surface area (Å²) in [4.78, 5) is 25.0. The SMILES string of the molecule is COCC(=O)N1CCC(NC(=O)C(C)CN)CC1. The Morgan fingerprint density at radius 1 is 1.44 bits per heavy atom. The number of hydrogen-bond donors (Lipinski definition) is 2. The standard InChI is InChI=1S/C12H23N3O3/c1-9(7-13)12(17)14-10-3-5-15(6-4-10)11(16)8-18-2/h9-10H,3-8,13H2,1-2H3,(H,14,17). The highest BCUT2D eigenvalue weighted by Crippen LogP contribution is 2.11. The topological polar surface area (TPSA) is 84.7 Å². The molecule has 0 aromatic carbocycles. The Morgan fingerprint density at radius 2 is 2.06 bits per heavy atom. The van der Waals surface area contributed by atoms with E-state index in [4.69, 9.17) is 10.5 Å². The van der Waals surface area contributed by atoms with Gasteiger partial charge in [0, 0.05) is 38.7 Å². The van der Waals surface area contributed by atoms with E-state index < -0.39 is 0 Å². The zero-order chi connectivity index (χ0) is 13.5. The lowest BCUT2D eigenvalue weighted by atomic mass is 10.0. The molecular formula is C12H23N3O3. The Balaban J connectivity index is 2.31. The van der Waals surface area contributed by atoms with Crippen LogP contribution in [0.15, 0.2) is 0 Å². The number of methoxy groups -OCH3 is 1. The van der Waals surface area contributed by atoms with Crippen molar-refractivity contribution < 1.29 is 14.3 Å². The van der Waals surface area contributed by atoms with Crippen LogP contribution in [0.1, 0.15) is 19.8 Å². The smallest absolute Gasteiger partial charge is 0.248 e. The summed E-state index contributed by atoms with van der Waals surface area (Å²) in [5.41, 5.74) is 5.45. The molecule has 3 N–H and O–H groups in total. The quantitative estimate of drug-likeness (QED) is 0.684. The van der Waals surface area contributed by atoms with Crippen molar-refractivity contribution in [3.63, 3.8) is 0 Å². The third kappa shape index (κ3) is 4.27. The molecule has 6 nitrogen and oxygen atoms in total. The van der Waals surface area contributed by atoms with E-state index in [0.29, 0.717) is 19.6 Å². The van der Waals surface area contributed by atoms with E-state index in [2.05, 4.69) is 5.32 Å². The van der Waals surface area contributed by atoms with Gasteiger partial charge in [0.2, 0.25) is 11.8 Å². The Bertz CT molecular complexity index is 288. The third-order valence-corrected chi connectivity index (χ3v) is 3.26. The number of nitrogens with one attached hydrogen (secondary N) is 1. The van der Waals surface area contributed by atoms with Gasteiger partial charge in [-0.25, -0.2) is 0 Å². The molecule has 0 aromatic heterocycles. The number of amides is 2. The molecule has 1 aliphatic rings. The van der Waals surface area contributed by atoms with Crippen LogP contribution in [0, 0.1) is 5.92 Å². The third-order valence-electron chi connectivity index (χ3n) is 3.26. The number of carbonyl (C=O) groups is 2. The molecule has 1 saturated heterocycles. The fraction of sp³-hybridized carbons (Fsp3) is 0.833. The van der Waals surface area contributed by atoms with Gasteiger partial charge in [0.25, 0.3) is 0 Å². The summed E-state index contributed by atoms with van der Waals surface area (Å²) in [5, 5.41) is 2.97. The largest absolute Gasteiger partial charge is 0.375 e. The van der Waals surface area contributed by atoms with Gasteiger partial charge in [-0.15, -0.1) is 0 Å². The molecule has 18 heavy (non-hydrogen) atoms. The van der Waals surface area contributed by atoms with Crippen molar-refractivity contribution in [2.75, 3.05) is 33.4 Å². The molecule has 6 heteroatoms. The number of likely N-dealkylation sites (tertiary alicyclic amines) is 1. The van der Waals surface area contributed by atoms with E-state index in [-0.39, 0.29) is 30.4 Å². The maximum atomic E-state index is 11.7. The van der Waals surface area contributed by atoms with Crippen LogP contribution in [-0.2, 0) is 14.3 Å². The first-order valence-electron chi connectivity index (χ1n) is 6.35. The lowest BCUT2D eigenvalue weighted by molar-refractivity contribution is -0.136. The molecule has 0 radical (unpaired) electrons. The van der Waals surface area contributed by atoms with Gasteiger partial charge >= 0.3 is 0 Å². The van der Waals surface area contributed by atoms with E-state index in [1.165, 1.54) is 7.11 Å². The van der Waals surface area contributed by atoms with Gasteiger partial charge in [-0.2, -0.15) is 0 Å². The van der Waals surface area contributed by atoms with Crippen LogP contribution in [-0.4, -0.2) is 56.1 Å². The molecular weight excluding hydrogens is 234 g/mol. The van der Waals surface area contributed by atoms with Crippen LogP contribution in [0.25, 0.3) is 0 Å². The summed E-state index contributed by atoms with van der Waals surface area (Å²) in [6.07, 6.45) is 1.58. The summed E-state index contributed by atoms with van der Waals surface area (Å²) in [6, 6.07) is 0.151. The molecule has 0 aliphatic carbocycles. The van der Waals surface area contributed by atoms with Gasteiger partial charge < -0.3 is 20.7 Å². The van der Waals surface area contributed by atoms with Crippen LogP contribution in [0.5, 0.6) is 0 Å². The zero-order valence-electron chi connectivity index (χ0n) is 11.1. The number of nitrogens with zero attached hydrogens (tertiary/aromatic N) is 1. The Labute approximate surface area is 108 Å². The fourth-order valence-corrected chi connectivity index (χ4v) is 1.94. The highest BCUT2D eigenvalue weighted by Gasteiger charge is 2.24. The van der Waals surface area contributed by atoms with Crippen LogP contribution in [0.4, 0.5) is 0 Å². The maximum absolute atomic E-state index is 11.7. The number of hydrogen-bond acceptors (Lipinski definition) is 4. The fourth-order valence-electron chi connectivity index (χ4n) is 1.94. The van der Waals surface area contributed by atoms with Crippen molar-refractivity contribution in [1.82, 2.24) is 10.2 Å². The van der Waals surface area contributed by atoms with Gasteiger partial charge in [0.15, 0.2) is 0 Å². The monoisotopic (exact) mass is 257 g/mol. The summed E-state index contributed by atoms with van der Waals surface area (Å²) >= 11 is 0. The molecule has 1 aliphatic heterocycles. The zero-order valence-corrected chi connectivity index (χ0v) is 11.1. The number of nitrogens with two attached hydrogens (primary N) is 1. The van der Waals surface area contributed by atoms with Crippen molar-refractivity contribution in [1.29, 1.82) is 0 Å². The van der Waals surface area contributed by atoms with E-state index >= 15 is 0 Å². The lowest BCUT2D eigenvalue weighted by Gasteiger charge is -2.32. The average molecular weight is 257 g/mol. The first-order chi connectivity index (χ1) is 8.58.